The van der Waals surface area contributed by atoms with Crippen LogP contribution in [0.25, 0.3) is 0 Å². The van der Waals surface area contributed by atoms with Crippen LogP contribution in [0.5, 0.6) is 0 Å². The lowest BCUT2D eigenvalue weighted by Gasteiger charge is -2.28. The van der Waals surface area contributed by atoms with Gasteiger partial charge in [0, 0.05) is 6.07 Å². The number of halogens is 2. The summed E-state index contributed by atoms with van der Waals surface area (Å²) in [6, 6.07) is 1.35. The molecule has 0 atom stereocenters. The van der Waals surface area contributed by atoms with Gasteiger partial charge in [-0.15, -0.1) is 0 Å². The van der Waals surface area contributed by atoms with Gasteiger partial charge in [0.2, 0.25) is 0 Å². The van der Waals surface area contributed by atoms with Crippen molar-refractivity contribution >= 4 is 35.4 Å². The van der Waals surface area contributed by atoms with Gasteiger partial charge < -0.3 is 9.47 Å². The van der Waals surface area contributed by atoms with Crippen LogP contribution in [-0.4, -0.2) is 38.3 Å². The van der Waals surface area contributed by atoms with Gasteiger partial charge in [-0.1, -0.05) is 23.2 Å². The Balaban J connectivity index is 3.08. The zero-order valence-corrected chi connectivity index (χ0v) is 16.0. The molecule has 2 amide bonds. The van der Waals surface area contributed by atoms with Crippen molar-refractivity contribution in [1.82, 2.24) is 14.9 Å². The van der Waals surface area contributed by atoms with E-state index in [4.69, 9.17) is 32.7 Å². The maximum atomic E-state index is 12.3. The highest BCUT2D eigenvalue weighted by Gasteiger charge is 2.32. The minimum Gasteiger partial charge on any atom is -0.443 e. The fraction of sp³-hybridized carbons (Fsp3) is 0.600. The molecule has 1 aromatic heterocycles. The summed E-state index contributed by atoms with van der Waals surface area (Å²) in [7, 11) is 0. The summed E-state index contributed by atoms with van der Waals surface area (Å²) >= 11 is 11.6. The van der Waals surface area contributed by atoms with E-state index in [1.54, 1.807) is 41.5 Å². The minimum absolute atomic E-state index is 0.0872. The maximum absolute atomic E-state index is 12.3. The Bertz CT molecular complexity index is 576. The molecular weight excluding hydrogens is 357 g/mol. The molecule has 0 aliphatic carbocycles. The molecule has 9 heteroatoms. The van der Waals surface area contributed by atoms with Crippen molar-refractivity contribution in [2.24, 2.45) is 0 Å². The number of carbonyl (C=O) groups is 2. The summed E-state index contributed by atoms with van der Waals surface area (Å²) in [5.41, 5.74) is -1.58. The number of nitrogens with zero attached hydrogens (tertiary/aromatic N) is 3. The summed E-state index contributed by atoms with van der Waals surface area (Å²) in [5, 5.41) is 0.191. The topological polar surface area (TPSA) is 81.6 Å². The van der Waals surface area contributed by atoms with Crippen LogP contribution in [0.2, 0.25) is 10.3 Å². The van der Waals surface area contributed by atoms with Crippen LogP contribution in [0.15, 0.2) is 6.07 Å². The van der Waals surface area contributed by atoms with Crippen molar-refractivity contribution in [3.8, 4) is 0 Å². The van der Waals surface area contributed by atoms with Crippen LogP contribution in [0.3, 0.4) is 0 Å². The lowest BCUT2D eigenvalue weighted by Crippen LogP contribution is -2.43. The minimum atomic E-state index is -0.878. The molecule has 0 saturated heterocycles. The molecule has 0 aromatic carbocycles. The third-order valence-electron chi connectivity index (χ3n) is 2.24. The van der Waals surface area contributed by atoms with Crippen LogP contribution in [0.4, 0.5) is 9.59 Å². The Kier molecular flexibility index (Phi) is 6.41. The third kappa shape index (κ3) is 7.31. The fourth-order valence-electron chi connectivity index (χ4n) is 1.48. The predicted molar refractivity (Wildman–Crippen MR) is 90.1 cm³/mol. The average molecular weight is 378 g/mol. The van der Waals surface area contributed by atoms with Crippen LogP contribution in [-0.2, 0) is 16.0 Å². The van der Waals surface area contributed by atoms with Crippen LogP contribution >= 0.6 is 23.2 Å². The van der Waals surface area contributed by atoms with E-state index in [0.717, 1.165) is 4.90 Å². The predicted octanol–water partition coefficient (Wildman–Crippen LogP) is 4.46. The Morgan fingerprint density at radius 3 is 1.67 bits per heavy atom. The fourth-order valence-corrected chi connectivity index (χ4v) is 1.94. The van der Waals surface area contributed by atoms with Crippen molar-refractivity contribution in [2.75, 3.05) is 0 Å². The van der Waals surface area contributed by atoms with E-state index in [2.05, 4.69) is 9.97 Å². The zero-order chi connectivity index (χ0) is 18.7. The van der Waals surface area contributed by atoms with Crippen LogP contribution in [0.1, 0.15) is 47.4 Å². The smallest absolute Gasteiger partial charge is 0.420 e. The SMILES string of the molecule is CC(C)(C)OC(=O)N(Cc1nc(Cl)cc(Cl)n1)C(=O)OC(C)(C)C. The molecule has 0 aliphatic heterocycles. The molecule has 134 valence electrons. The van der Waals surface area contributed by atoms with E-state index in [1.165, 1.54) is 6.07 Å². The standard InChI is InChI=1S/C15H21Cl2N3O4/c1-14(2,3)23-12(21)20(13(22)24-15(4,5)6)8-11-18-9(16)7-10(17)19-11/h7H,8H2,1-6H3. The largest absolute Gasteiger partial charge is 0.443 e. The van der Waals surface area contributed by atoms with E-state index in [9.17, 15) is 9.59 Å². The van der Waals surface area contributed by atoms with Crippen LogP contribution in [0, 0.1) is 0 Å². The maximum Gasteiger partial charge on any atom is 0.420 e. The van der Waals surface area contributed by atoms with Gasteiger partial charge in [-0.2, -0.15) is 0 Å². The van der Waals surface area contributed by atoms with E-state index in [1.807, 2.05) is 0 Å². The van der Waals surface area contributed by atoms with Gasteiger partial charge >= 0.3 is 12.2 Å². The quantitative estimate of drug-likeness (QED) is 0.707. The molecule has 0 bridgehead atoms. The Morgan fingerprint density at radius 1 is 0.958 bits per heavy atom. The van der Waals surface area contributed by atoms with Gasteiger partial charge in [0.25, 0.3) is 0 Å². The highest BCUT2D eigenvalue weighted by molar-refractivity contribution is 6.33. The van der Waals surface area contributed by atoms with Gasteiger partial charge in [-0.3, -0.25) is 0 Å². The second-order valence-electron chi connectivity index (χ2n) is 6.98. The molecular formula is C15H21Cl2N3O4. The molecule has 0 radical (unpaired) electrons. The summed E-state index contributed by atoms with van der Waals surface area (Å²) in [6.45, 7) is 9.83. The highest BCUT2D eigenvalue weighted by Crippen LogP contribution is 2.18. The van der Waals surface area contributed by atoms with Crippen molar-refractivity contribution in [1.29, 1.82) is 0 Å². The number of imide groups is 1. The Morgan fingerprint density at radius 2 is 1.33 bits per heavy atom. The average Bonchev–Trinajstić information content (AvgIpc) is 2.29. The van der Waals surface area contributed by atoms with Crippen molar-refractivity contribution in [3.63, 3.8) is 0 Å². The molecule has 0 aliphatic rings. The summed E-state index contributed by atoms with van der Waals surface area (Å²) in [6.07, 6.45) is -1.76. The number of ether oxygens (including phenoxy) is 2. The molecule has 7 nitrogen and oxygen atoms in total. The van der Waals surface area contributed by atoms with Crippen molar-refractivity contribution in [3.05, 3.63) is 22.2 Å². The van der Waals surface area contributed by atoms with E-state index >= 15 is 0 Å². The molecule has 0 saturated carbocycles. The zero-order valence-electron chi connectivity index (χ0n) is 14.5. The number of hydrogen-bond donors (Lipinski definition) is 0. The number of hydrogen-bond acceptors (Lipinski definition) is 6. The molecule has 1 rings (SSSR count). The van der Waals surface area contributed by atoms with Crippen LogP contribution < -0.4 is 0 Å². The number of rotatable bonds is 2. The second-order valence-corrected chi connectivity index (χ2v) is 7.75. The summed E-state index contributed by atoms with van der Waals surface area (Å²) in [4.78, 5) is 33.3. The molecule has 24 heavy (non-hydrogen) atoms. The first-order valence-corrected chi connectivity index (χ1v) is 7.95. The number of aromatic nitrogens is 2. The summed E-state index contributed by atoms with van der Waals surface area (Å²) < 4.78 is 10.5. The molecule has 0 unspecified atom stereocenters. The van der Waals surface area contributed by atoms with Gasteiger partial charge in [0.05, 0.1) is 6.54 Å². The molecule has 0 fully saturated rings. The second kappa shape index (κ2) is 7.53. The van der Waals surface area contributed by atoms with Gasteiger partial charge in [-0.25, -0.2) is 24.5 Å². The lowest BCUT2D eigenvalue weighted by atomic mass is 10.2. The first-order valence-electron chi connectivity index (χ1n) is 7.19. The van der Waals surface area contributed by atoms with Gasteiger partial charge in [0.1, 0.15) is 21.5 Å². The molecule has 0 N–H and O–H groups in total. The molecule has 1 heterocycles. The van der Waals surface area contributed by atoms with Gasteiger partial charge in [-0.05, 0) is 41.5 Å². The normalized spacial score (nSPS) is 11.8. The van der Waals surface area contributed by atoms with Gasteiger partial charge in [0.15, 0.2) is 5.82 Å². The molecule has 0 spiro atoms. The Hall–Kier alpha value is -1.60. The third-order valence-corrected chi connectivity index (χ3v) is 2.62. The van der Waals surface area contributed by atoms with E-state index < -0.39 is 23.4 Å². The first kappa shape index (κ1) is 20.4. The van der Waals surface area contributed by atoms with E-state index in [0.29, 0.717) is 0 Å². The van der Waals surface area contributed by atoms with Crippen molar-refractivity contribution < 1.29 is 19.1 Å². The monoisotopic (exact) mass is 377 g/mol. The first-order chi connectivity index (χ1) is 10.8. The molecule has 1 aromatic rings. The number of carbonyl (C=O) groups excluding carboxylic acids is 2. The Labute approximate surface area is 151 Å². The highest BCUT2D eigenvalue weighted by atomic mass is 35.5. The number of amides is 2. The van der Waals surface area contributed by atoms with Crippen molar-refractivity contribution in [2.45, 2.75) is 59.3 Å². The lowest BCUT2D eigenvalue weighted by molar-refractivity contribution is -0.000734. The summed E-state index contributed by atoms with van der Waals surface area (Å²) in [5.74, 6) is 0.0872. The van der Waals surface area contributed by atoms with E-state index in [-0.39, 0.29) is 22.7 Å².